The molecule has 0 fully saturated rings. The van der Waals surface area contributed by atoms with Crippen LogP contribution in [0.4, 0.5) is 13.2 Å². The maximum absolute atomic E-state index is 13.0. The second kappa shape index (κ2) is 7.84. The molecule has 0 unspecified atom stereocenters. The summed E-state index contributed by atoms with van der Waals surface area (Å²) in [5.41, 5.74) is 1.96. The van der Waals surface area contributed by atoms with Gasteiger partial charge in [-0.15, -0.1) is 0 Å². The van der Waals surface area contributed by atoms with Gasteiger partial charge in [0.15, 0.2) is 5.82 Å². The number of hydrogen-bond acceptors (Lipinski definition) is 6. The van der Waals surface area contributed by atoms with E-state index in [9.17, 15) is 21.6 Å². The van der Waals surface area contributed by atoms with Gasteiger partial charge in [-0.25, -0.2) is 12.4 Å². The summed E-state index contributed by atoms with van der Waals surface area (Å²) in [6, 6.07) is 11.5. The molecule has 4 rings (SSSR count). The standard InChI is InChI=1S/C20H13F3N4O3S/c21-20(22,23)19-25-18(26-30-19)5-4-14-8-11-27(13-14)31(28,29)17-3-1-2-16(12-17)15-6-9-24-10-7-15/h1-13H/b5-4+. The highest BCUT2D eigenvalue weighted by Gasteiger charge is 2.38. The van der Waals surface area contributed by atoms with Crippen molar-refractivity contribution in [2.45, 2.75) is 11.1 Å². The van der Waals surface area contributed by atoms with E-state index in [0.29, 0.717) is 11.1 Å². The molecule has 0 aliphatic heterocycles. The van der Waals surface area contributed by atoms with Crippen molar-refractivity contribution >= 4 is 22.2 Å². The van der Waals surface area contributed by atoms with Gasteiger partial charge < -0.3 is 4.52 Å². The Labute approximate surface area is 174 Å². The van der Waals surface area contributed by atoms with E-state index in [2.05, 4.69) is 19.6 Å². The van der Waals surface area contributed by atoms with Crippen LogP contribution in [0.3, 0.4) is 0 Å². The average Bonchev–Trinajstić information content (AvgIpc) is 3.43. The third kappa shape index (κ3) is 4.40. The fourth-order valence-corrected chi connectivity index (χ4v) is 3.98. The number of alkyl halides is 3. The molecule has 0 amide bonds. The largest absolute Gasteiger partial charge is 0.471 e. The molecule has 0 spiro atoms. The summed E-state index contributed by atoms with van der Waals surface area (Å²) in [6.07, 6.45) is 3.73. The quantitative estimate of drug-likeness (QED) is 0.453. The van der Waals surface area contributed by atoms with Crippen LogP contribution < -0.4 is 0 Å². The molecule has 0 radical (unpaired) electrons. The maximum Gasteiger partial charge on any atom is 0.471 e. The number of benzene rings is 1. The first kappa shape index (κ1) is 20.5. The third-order valence-electron chi connectivity index (χ3n) is 4.22. The van der Waals surface area contributed by atoms with Gasteiger partial charge in [-0.3, -0.25) is 4.98 Å². The molecule has 0 aliphatic rings. The van der Waals surface area contributed by atoms with E-state index in [-0.39, 0.29) is 10.7 Å². The zero-order valence-electron chi connectivity index (χ0n) is 15.6. The second-order valence-electron chi connectivity index (χ2n) is 6.33. The second-order valence-corrected chi connectivity index (χ2v) is 8.18. The Balaban J connectivity index is 1.58. The van der Waals surface area contributed by atoms with Crippen molar-refractivity contribution in [2.24, 2.45) is 0 Å². The first-order valence-corrected chi connectivity index (χ1v) is 10.2. The molecule has 0 N–H and O–H groups in total. The van der Waals surface area contributed by atoms with Crippen molar-refractivity contribution in [1.82, 2.24) is 19.1 Å². The van der Waals surface area contributed by atoms with Gasteiger partial charge in [-0.05, 0) is 59.2 Å². The lowest BCUT2D eigenvalue weighted by Crippen LogP contribution is -2.10. The van der Waals surface area contributed by atoms with Crippen LogP contribution in [-0.2, 0) is 16.2 Å². The van der Waals surface area contributed by atoms with Crippen LogP contribution in [0.25, 0.3) is 23.3 Å². The fraction of sp³-hybridized carbons (Fsp3) is 0.0500. The van der Waals surface area contributed by atoms with E-state index in [1.165, 1.54) is 36.7 Å². The molecule has 0 bridgehead atoms. The van der Waals surface area contributed by atoms with E-state index in [4.69, 9.17) is 0 Å². The highest BCUT2D eigenvalue weighted by molar-refractivity contribution is 7.90. The first-order valence-electron chi connectivity index (χ1n) is 8.76. The van der Waals surface area contributed by atoms with Gasteiger partial charge >= 0.3 is 12.1 Å². The molecule has 31 heavy (non-hydrogen) atoms. The van der Waals surface area contributed by atoms with E-state index < -0.39 is 22.1 Å². The van der Waals surface area contributed by atoms with Gasteiger partial charge in [0, 0.05) is 24.8 Å². The van der Waals surface area contributed by atoms with Crippen LogP contribution in [0.2, 0.25) is 0 Å². The van der Waals surface area contributed by atoms with Crippen molar-refractivity contribution in [3.8, 4) is 11.1 Å². The Hall–Kier alpha value is -3.73. The van der Waals surface area contributed by atoms with Gasteiger partial charge in [0.25, 0.3) is 10.0 Å². The normalized spacial score (nSPS) is 12.5. The van der Waals surface area contributed by atoms with Crippen molar-refractivity contribution in [3.05, 3.63) is 84.5 Å². The predicted octanol–water partition coefficient (Wildman–Crippen LogP) is 4.36. The SMILES string of the molecule is O=S(=O)(c1cccc(-c2ccncc2)c1)n1ccc(/C=C/c2noc(C(F)(F)F)n2)c1. The molecule has 0 saturated carbocycles. The molecule has 158 valence electrons. The summed E-state index contributed by atoms with van der Waals surface area (Å²) in [5, 5.41) is 3.22. The molecular weight excluding hydrogens is 433 g/mol. The monoisotopic (exact) mass is 446 g/mol. The van der Waals surface area contributed by atoms with Crippen molar-refractivity contribution in [1.29, 1.82) is 0 Å². The number of nitrogens with zero attached hydrogens (tertiary/aromatic N) is 4. The predicted molar refractivity (Wildman–Crippen MR) is 105 cm³/mol. The Kier molecular flexibility index (Phi) is 5.19. The molecular formula is C20H13F3N4O3S. The molecule has 4 aromatic rings. The van der Waals surface area contributed by atoms with E-state index in [0.717, 1.165) is 9.54 Å². The van der Waals surface area contributed by atoms with Gasteiger partial charge in [0.05, 0.1) is 4.90 Å². The minimum Gasteiger partial charge on any atom is -0.329 e. The lowest BCUT2D eigenvalue weighted by atomic mass is 10.1. The number of hydrogen-bond donors (Lipinski definition) is 0. The minimum atomic E-state index is -4.73. The van der Waals surface area contributed by atoms with Crippen molar-refractivity contribution in [3.63, 3.8) is 0 Å². The Morgan fingerprint density at radius 2 is 1.77 bits per heavy atom. The summed E-state index contributed by atoms with van der Waals surface area (Å²) in [6.45, 7) is 0. The smallest absolute Gasteiger partial charge is 0.329 e. The van der Waals surface area contributed by atoms with Crippen LogP contribution >= 0.6 is 0 Å². The highest BCUT2D eigenvalue weighted by atomic mass is 32.2. The van der Waals surface area contributed by atoms with Gasteiger partial charge in [0.1, 0.15) is 0 Å². The van der Waals surface area contributed by atoms with Gasteiger partial charge in [-0.2, -0.15) is 18.2 Å². The van der Waals surface area contributed by atoms with Crippen LogP contribution in [0, 0.1) is 0 Å². The summed E-state index contributed by atoms with van der Waals surface area (Å²) in [7, 11) is -3.88. The molecule has 11 heteroatoms. The zero-order valence-corrected chi connectivity index (χ0v) is 16.4. The zero-order chi connectivity index (χ0) is 22.1. The minimum absolute atomic E-state index is 0.0842. The van der Waals surface area contributed by atoms with Crippen LogP contribution in [0.5, 0.6) is 0 Å². The summed E-state index contributed by atoms with van der Waals surface area (Å²) < 4.78 is 68.6. The van der Waals surface area contributed by atoms with Crippen molar-refractivity contribution in [2.75, 3.05) is 0 Å². The highest BCUT2D eigenvalue weighted by Crippen LogP contribution is 2.27. The summed E-state index contributed by atoms with van der Waals surface area (Å²) >= 11 is 0. The topological polar surface area (TPSA) is 90.9 Å². The van der Waals surface area contributed by atoms with Crippen molar-refractivity contribution < 1.29 is 26.1 Å². The molecule has 0 saturated heterocycles. The Morgan fingerprint density at radius 1 is 1.00 bits per heavy atom. The van der Waals surface area contributed by atoms with Crippen LogP contribution in [0.1, 0.15) is 17.3 Å². The lowest BCUT2D eigenvalue weighted by Gasteiger charge is -2.08. The van der Waals surface area contributed by atoms with E-state index in [1.807, 2.05) is 0 Å². The maximum atomic E-state index is 13.0. The number of aromatic nitrogens is 4. The Bertz CT molecular complexity index is 1340. The average molecular weight is 446 g/mol. The number of halogens is 3. The molecule has 3 aromatic heterocycles. The Morgan fingerprint density at radius 3 is 2.48 bits per heavy atom. The fourth-order valence-electron chi connectivity index (χ4n) is 2.73. The molecule has 1 aromatic carbocycles. The molecule has 0 atom stereocenters. The molecule has 3 heterocycles. The number of rotatable bonds is 5. The van der Waals surface area contributed by atoms with Crippen LogP contribution in [0.15, 0.2) is 76.7 Å². The first-order chi connectivity index (χ1) is 14.7. The summed E-state index contributed by atoms with van der Waals surface area (Å²) in [4.78, 5) is 7.25. The third-order valence-corrected chi connectivity index (χ3v) is 5.85. The van der Waals surface area contributed by atoms with Gasteiger partial charge in [-0.1, -0.05) is 17.3 Å². The van der Waals surface area contributed by atoms with Gasteiger partial charge in [0.2, 0.25) is 0 Å². The molecule has 7 nitrogen and oxygen atoms in total. The van der Waals surface area contributed by atoms with Crippen LogP contribution in [-0.4, -0.2) is 27.5 Å². The summed E-state index contributed by atoms with van der Waals surface area (Å²) in [5.74, 6) is -1.74. The van der Waals surface area contributed by atoms with E-state index in [1.54, 1.807) is 42.7 Å². The van der Waals surface area contributed by atoms with E-state index >= 15 is 0 Å². The lowest BCUT2D eigenvalue weighted by molar-refractivity contribution is -0.159. The molecule has 0 aliphatic carbocycles. The number of pyridine rings is 1.